The molecule has 0 bridgehead atoms. The number of esters is 1. The van der Waals surface area contributed by atoms with Gasteiger partial charge in [-0.2, -0.15) is 0 Å². The van der Waals surface area contributed by atoms with Crippen LogP contribution in [-0.2, 0) is 54.3 Å². The fourth-order valence-electron chi connectivity index (χ4n) is 6.99. The van der Waals surface area contributed by atoms with E-state index < -0.39 is 114 Å². The number of carbonyl (C=O) groups excluding carboxylic acids is 9. The van der Waals surface area contributed by atoms with Crippen molar-refractivity contribution < 1.29 is 58.1 Å². The van der Waals surface area contributed by atoms with Crippen LogP contribution < -0.4 is 32.3 Å². The van der Waals surface area contributed by atoms with Gasteiger partial charge in [0.15, 0.2) is 0 Å². The highest BCUT2D eigenvalue weighted by atomic mass is 16.5. The molecule has 1 rings (SSSR count). The van der Waals surface area contributed by atoms with Gasteiger partial charge >= 0.3 is 5.97 Å². The molecule has 20 heteroatoms. The zero-order valence-corrected chi connectivity index (χ0v) is 42.1. The molecular weight excluding hydrogens is 881 g/mol. The number of nitrogens with two attached hydrogens (primary N) is 1. The van der Waals surface area contributed by atoms with E-state index in [0.29, 0.717) is 30.5 Å². The van der Waals surface area contributed by atoms with E-state index in [-0.39, 0.29) is 37.4 Å². The summed E-state index contributed by atoms with van der Waals surface area (Å²) in [6.45, 7) is 19.9. The van der Waals surface area contributed by atoms with Crippen molar-refractivity contribution in [1.82, 2.24) is 36.4 Å². The van der Waals surface area contributed by atoms with Crippen molar-refractivity contribution in [3.63, 3.8) is 0 Å². The van der Waals surface area contributed by atoms with Gasteiger partial charge in [-0.3, -0.25) is 38.4 Å². The smallest absolute Gasteiger partial charge is 0.329 e. The van der Waals surface area contributed by atoms with Crippen LogP contribution in [0, 0.1) is 23.7 Å². The van der Waals surface area contributed by atoms with Gasteiger partial charge in [0.2, 0.25) is 47.8 Å². The molecule has 9 N–H and O–H groups in total. The number of hydrogen-bond donors (Lipinski definition) is 8. The van der Waals surface area contributed by atoms with E-state index in [2.05, 4.69) is 26.6 Å². The number of carbonyl (C=O) groups is 9. The molecule has 382 valence electrons. The summed E-state index contributed by atoms with van der Waals surface area (Å²) in [6, 6.07) is -2.23. The van der Waals surface area contributed by atoms with Crippen molar-refractivity contribution in [3.8, 4) is 5.75 Å². The van der Waals surface area contributed by atoms with E-state index >= 15 is 0 Å². The summed E-state index contributed by atoms with van der Waals surface area (Å²) < 4.78 is 5.87. The number of aromatic hydroxyl groups is 1. The van der Waals surface area contributed by atoms with Crippen LogP contribution in [0.4, 0.5) is 0 Å². The normalized spacial score (nSPS) is 16.0. The third-order valence-corrected chi connectivity index (χ3v) is 11.8. The highest BCUT2D eigenvalue weighted by Gasteiger charge is 2.41. The van der Waals surface area contributed by atoms with Crippen molar-refractivity contribution in [3.05, 3.63) is 41.6 Å². The maximum absolute atomic E-state index is 14.5. The maximum atomic E-state index is 14.5. The molecule has 0 aromatic heterocycles. The van der Waals surface area contributed by atoms with Crippen LogP contribution in [0.15, 0.2) is 36.0 Å². The first kappa shape index (κ1) is 60.0. The second kappa shape index (κ2) is 29.0. The van der Waals surface area contributed by atoms with Crippen molar-refractivity contribution in [1.29, 1.82) is 0 Å². The molecule has 0 fully saturated rings. The molecule has 0 aliphatic carbocycles. The van der Waals surface area contributed by atoms with Gasteiger partial charge in [0, 0.05) is 31.5 Å². The maximum Gasteiger partial charge on any atom is 0.329 e. The van der Waals surface area contributed by atoms with E-state index in [1.165, 1.54) is 33.0 Å². The van der Waals surface area contributed by atoms with E-state index in [1.54, 1.807) is 73.6 Å². The van der Waals surface area contributed by atoms with E-state index in [9.17, 15) is 53.4 Å². The number of aliphatic hydroxyl groups is 1. The lowest BCUT2D eigenvalue weighted by atomic mass is 9.94. The van der Waals surface area contributed by atoms with Gasteiger partial charge in [-0.25, -0.2) is 4.79 Å². The highest BCUT2D eigenvalue weighted by Crippen LogP contribution is 2.22. The molecule has 20 nitrogen and oxygen atoms in total. The molecule has 0 saturated heterocycles. The number of nitrogens with one attached hydrogen (secondary N) is 5. The Labute approximate surface area is 401 Å². The zero-order chi connectivity index (χ0) is 52.2. The van der Waals surface area contributed by atoms with Crippen LogP contribution in [-0.4, -0.2) is 129 Å². The SMILES string of the molecule is C/C=C(\C)NC(=O)[C@H](CC(C)C)NC(=O)[C@@H](NC(=O)[C@H](CCC(N)=O)NC(=O)C(C)CC)[C@@H](C)OC(=O)[C@@H](NC(=O)[C@H](Cc1ccc(O)cc1)N(C)C(=O)[C@H](C(C)CC)N(C=O)[C@H](C)O)C(C)C. The molecule has 10 atom stereocenters. The van der Waals surface area contributed by atoms with Crippen LogP contribution in [0.2, 0.25) is 0 Å². The number of aliphatic hydroxyl groups excluding tert-OH is 1. The summed E-state index contributed by atoms with van der Waals surface area (Å²) in [5.74, 6) is -7.99. The molecule has 0 heterocycles. The van der Waals surface area contributed by atoms with Gasteiger partial charge in [0.1, 0.15) is 54.3 Å². The van der Waals surface area contributed by atoms with E-state index in [4.69, 9.17) is 10.5 Å². The Morgan fingerprint density at radius 3 is 1.84 bits per heavy atom. The number of rotatable bonds is 29. The van der Waals surface area contributed by atoms with Crippen molar-refractivity contribution in [2.24, 2.45) is 29.4 Å². The van der Waals surface area contributed by atoms with Gasteiger partial charge in [-0.1, -0.05) is 80.0 Å². The summed E-state index contributed by atoms with van der Waals surface area (Å²) in [6.07, 6.45) is -0.469. The van der Waals surface area contributed by atoms with Crippen LogP contribution >= 0.6 is 0 Å². The van der Waals surface area contributed by atoms with Crippen molar-refractivity contribution >= 4 is 53.7 Å². The third-order valence-electron chi connectivity index (χ3n) is 11.8. The number of likely N-dealkylation sites (N-methyl/N-ethyl adjacent to an activating group) is 1. The van der Waals surface area contributed by atoms with Gasteiger partial charge < -0.3 is 57.1 Å². The van der Waals surface area contributed by atoms with E-state index in [1.807, 2.05) is 13.8 Å². The number of ether oxygens (including phenoxy) is 1. The van der Waals surface area contributed by atoms with Crippen molar-refractivity contribution in [2.45, 2.75) is 170 Å². The minimum absolute atomic E-state index is 0.0473. The first-order valence-corrected chi connectivity index (χ1v) is 23.3. The average Bonchev–Trinajstić information content (AvgIpc) is 3.27. The van der Waals surface area contributed by atoms with Gasteiger partial charge in [-0.15, -0.1) is 0 Å². The Bertz CT molecular complexity index is 1910. The Kier molecular flexibility index (Phi) is 25.6. The Balaban J connectivity index is 3.80. The van der Waals surface area contributed by atoms with Gasteiger partial charge in [0.25, 0.3) is 0 Å². The number of allylic oxidation sites excluding steroid dienone is 2. The Morgan fingerprint density at radius 2 is 1.35 bits per heavy atom. The first-order valence-electron chi connectivity index (χ1n) is 23.3. The number of amides is 8. The van der Waals surface area contributed by atoms with Crippen LogP contribution in [0.3, 0.4) is 0 Å². The van der Waals surface area contributed by atoms with Crippen LogP contribution in [0.5, 0.6) is 5.75 Å². The molecule has 8 amide bonds. The summed E-state index contributed by atoms with van der Waals surface area (Å²) in [7, 11) is 1.36. The summed E-state index contributed by atoms with van der Waals surface area (Å²) in [5.41, 5.74) is 6.42. The fraction of sp³-hybridized carbons (Fsp3) is 0.646. The fourth-order valence-corrected chi connectivity index (χ4v) is 6.99. The summed E-state index contributed by atoms with van der Waals surface area (Å²) >= 11 is 0. The van der Waals surface area contributed by atoms with Gasteiger partial charge in [-0.05, 0) is 82.4 Å². The predicted molar refractivity (Wildman–Crippen MR) is 254 cm³/mol. The lowest BCUT2D eigenvalue weighted by Gasteiger charge is -2.38. The molecule has 0 aliphatic rings. The van der Waals surface area contributed by atoms with E-state index in [0.717, 1.165) is 9.80 Å². The second-order valence-corrected chi connectivity index (χ2v) is 18.2. The molecule has 0 spiro atoms. The molecular formula is C48H78N8O12. The summed E-state index contributed by atoms with van der Waals surface area (Å²) in [5, 5.41) is 33.6. The highest BCUT2D eigenvalue weighted by molar-refractivity contribution is 5.96. The quantitative estimate of drug-likeness (QED) is 0.0325. The molecule has 0 aliphatic heterocycles. The number of phenols is 1. The molecule has 0 saturated carbocycles. The lowest BCUT2D eigenvalue weighted by molar-refractivity contribution is -0.158. The summed E-state index contributed by atoms with van der Waals surface area (Å²) in [4.78, 5) is 124. The van der Waals surface area contributed by atoms with Gasteiger partial charge in [0.05, 0.1) is 0 Å². The van der Waals surface area contributed by atoms with Crippen molar-refractivity contribution in [2.75, 3.05) is 7.05 Å². The van der Waals surface area contributed by atoms with Crippen LogP contribution in [0.1, 0.15) is 121 Å². The monoisotopic (exact) mass is 959 g/mol. The molecule has 0 radical (unpaired) electrons. The Morgan fingerprint density at radius 1 is 0.779 bits per heavy atom. The predicted octanol–water partition coefficient (Wildman–Crippen LogP) is 1.90. The largest absolute Gasteiger partial charge is 0.508 e. The minimum Gasteiger partial charge on any atom is -0.508 e. The Hall–Kier alpha value is -6.05. The van der Waals surface area contributed by atoms with Crippen LogP contribution in [0.25, 0.3) is 0 Å². The topological polar surface area (TPSA) is 296 Å². The zero-order valence-electron chi connectivity index (χ0n) is 42.1. The minimum atomic E-state index is -1.71. The standard InChI is InChI=1S/C48H78N8O12/c1-14-28(8)41(56(25-57)32(12)58)47(66)55(13)37(24-33-17-19-34(59)20-18-33)45(64)53-39(27(6)7)48(67)68-31(11)40(46(65)52-36(23-26(4)5)44(63)50-30(10)16-3)54-43(62)35(21-22-38(49)60)51-42(61)29(9)15-2/h16-20,25-29,31-32,35-37,39-41,58-59H,14-15,21-24H2,1-13H3,(H2,49,60)(H,50,63)(H,51,61)(H,52,65)(H,53,64)(H,54,62)/b30-16+/t28?,29?,31-,32+,35+,36+,37+,39+,40+,41+/m1/s1. The number of benzene rings is 1. The average molecular weight is 959 g/mol. The molecule has 68 heavy (non-hydrogen) atoms. The molecule has 1 aromatic rings. The molecule has 1 aromatic carbocycles. The number of nitrogens with zero attached hydrogens (tertiary/aromatic N) is 2. The number of primary amides is 1. The third kappa shape index (κ3) is 18.9. The first-order chi connectivity index (χ1) is 31.7. The number of hydrogen-bond acceptors (Lipinski definition) is 12. The lowest BCUT2D eigenvalue weighted by Crippen LogP contribution is -2.61. The second-order valence-electron chi connectivity index (χ2n) is 18.2. The molecule has 2 unspecified atom stereocenters. The number of phenolic OH excluding ortho intramolecular Hbond substituents is 1.